The van der Waals surface area contributed by atoms with E-state index in [1.807, 2.05) is 113 Å². The summed E-state index contributed by atoms with van der Waals surface area (Å²) in [6.45, 7) is 38.5. The third-order valence-electron chi connectivity index (χ3n) is 22.1. The first-order valence-corrected chi connectivity index (χ1v) is 49.4. The van der Waals surface area contributed by atoms with Gasteiger partial charge in [0.15, 0.2) is 11.6 Å². The fraction of sp³-hybridized carbons (Fsp3) is 0.685. The first-order chi connectivity index (χ1) is 60.7. The van der Waals surface area contributed by atoms with Crippen LogP contribution in [0.5, 0.6) is 23.4 Å². The fourth-order valence-corrected chi connectivity index (χ4v) is 16.4. The highest BCUT2D eigenvalue weighted by molar-refractivity contribution is 9.10. The van der Waals surface area contributed by atoms with Crippen LogP contribution in [0.25, 0.3) is 16.7 Å². The van der Waals surface area contributed by atoms with Crippen LogP contribution in [0.3, 0.4) is 0 Å². The summed E-state index contributed by atoms with van der Waals surface area (Å²) in [7, 11) is -6.34. The van der Waals surface area contributed by atoms with E-state index in [2.05, 4.69) is 62.7 Å². The van der Waals surface area contributed by atoms with Gasteiger partial charge in [-0.25, -0.2) is 85.5 Å². The van der Waals surface area contributed by atoms with E-state index in [9.17, 15) is 45.6 Å². The van der Waals surface area contributed by atoms with Gasteiger partial charge in [0.2, 0.25) is 37.7 Å². The highest BCUT2D eigenvalue weighted by Crippen LogP contribution is 2.30. The molecule has 36 nitrogen and oxygen atoms in total. The van der Waals surface area contributed by atoms with Crippen LogP contribution in [0.15, 0.2) is 72.4 Å². The maximum Gasteiger partial charge on any atom is 0.410 e. The van der Waals surface area contributed by atoms with Gasteiger partial charge in [-0.1, -0.05) is 31.6 Å². The molecule has 6 amide bonds. The molecule has 39 heteroatoms. The van der Waals surface area contributed by atoms with E-state index in [1.54, 1.807) is 74.1 Å². The number of carbonyl (C=O) groups excluding carboxylic acids is 6. The molecular weight excluding hydrogens is 1760 g/mol. The minimum atomic E-state index is -3.17. The predicted octanol–water partition coefficient (Wildman–Crippen LogP) is 14.0. The predicted molar refractivity (Wildman–Crippen MR) is 486 cm³/mol. The van der Waals surface area contributed by atoms with Crippen molar-refractivity contribution in [1.29, 1.82) is 0 Å². The Morgan fingerprint density at radius 1 is 0.367 bits per heavy atom. The van der Waals surface area contributed by atoms with E-state index in [4.69, 9.17) is 47.4 Å². The van der Waals surface area contributed by atoms with Gasteiger partial charge in [-0.2, -0.15) is 8.61 Å². The lowest BCUT2D eigenvalue weighted by atomic mass is 9.95. The minimum absolute atomic E-state index is 0.00796. The van der Waals surface area contributed by atoms with Crippen molar-refractivity contribution in [3.8, 4) is 23.4 Å². The number of nitrogens with zero attached hydrogens (tertiary/aromatic N) is 16. The molecule has 12 rings (SSSR count). The zero-order valence-electron chi connectivity index (χ0n) is 77.7. The number of hydrogen-bond donors (Lipinski definition) is 0. The summed E-state index contributed by atoms with van der Waals surface area (Å²) in [6.07, 6.45) is 32.0. The first kappa shape index (κ1) is 104. The molecule has 0 unspecified atom stereocenters. The van der Waals surface area contributed by atoms with Crippen molar-refractivity contribution >= 4 is 89.3 Å². The van der Waals surface area contributed by atoms with Crippen LogP contribution < -0.4 is 18.9 Å². The van der Waals surface area contributed by atoms with E-state index in [-0.39, 0.29) is 67.1 Å². The number of piperidine rings is 5. The Bertz CT molecular complexity index is 4310. The topological polar surface area (TPSA) is 392 Å². The average Bonchev–Trinajstić information content (AvgIpc) is 0.834. The highest BCUT2D eigenvalue weighted by Gasteiger charge is 2.33. The number of rotatable bonds is 23. The Hall–Kier alpha value is -9.34. The molecule has 0 radical (unpaired) electrons. The van der Waals surface area contributed by atoms with E-state index in [0.29, 0.717) is 195 Å². The van der Waals surface area contributed by atoms with Crippen molar-refractivity contribution in [2.24, 2.45) is 29.6 Å². The molecule has 0 N–H and O–H groups in total. The Balaban J connectivity index is 0.000000202. The van der Waals surface area contributed by atoms with Gasteiger partial charge in [0.1, 0.15) is 10.2 Å². The SMILES string of the molecule is CC(C)OC(=O)N1CCC(COc2cnc(Br)cn2)CC1.CC(C)OC(=O)N1CCC(COc2cnc(C3=CCN(C(=O)OC(C)(C)C)CC3)cn2)CC1.CC(C)OC(=O)N1CCC(COc2cnc(C3=CCN(S(C)(=O)=O)CC3)cn2)CC1.CC(C)OC(=O)N1CCC(COc2cnc(C3=CCN(S(C)(=O)=O)CC3)nc2)CC1.CCC1CCN(C(=O)OC(C)C)CC1. The van der Waals surface area contributed by atoms with Crippen LogP contribution in [-0.2, 0) is 48.5 Å². The molecule has 712 valence electrons. The quantitative estimate of drug-likeness (QED) is 0.0622. The zero-order valence-corrected chi connectivity index (χ0v) is 80.9. The van der Waals surface area contributed by atoms with Crippen molar-refractivity contribution in [2.45, 2.75) is 223 Å². The molecule has 128 heavy (non-hydrogen) atoms. The molecule has 0 aliphatic carbocycles. The lowest BCUT2D eigenvalue weighted by Crippen LogP contribution is -2.40. The molecule has 4 aromatic rings. The third-order valence-corrected chi connectivity index (χ3v) is 25.0. The molecule has 0 atom stereocenters. The monoisotopic (exact) mass is 1890 g/mol. The number of amides is 6. The molecule has 0 spiro atoms. The maximum absolute atomic E-state index is 12.2. The minimum Gasteiger partial charge on any atom is -0.490 e. The number of halogens is 1. The number of likely N-dealkylation sites (tertiary alicyclic amines) is 5. The Morgan fingerprint density at radius 2 is 0.672 bits per heavy atom. The number of carbonyl (C=O) groups is 6. The van der Waals surface area contributed by atoms with Crippen molar-refractivity contribution in [1.82, 2.24) is 77.9 Å². The molecule has 5 saturated heterocycles. The average molecular weight is 1900 g/mol. The number of sulfonamides is 2. The van der Waals surface area contributed by atoms with Crippen LogP contribution >= 0.6 is 15.9 Å². The Labute approximate surface area is 764 Å². The van der Waals surface area contributed by atoms with Gasteiger partial charge in [0.05, 0.1) is 130 Å². The lowest BCUT2D eigenvalue weighted by molar-refractivity contribution is 0.0269. The van der Waals surface area contributed by atoms with Crippen LogP contribution in [0.2, 0.25) is 0 Å². The second kappa shape index (κ2) is 51.3. The summed E-state index contributed by atoms with van der Waals surface area (Å²) in [5.41, 5.74) is 4.04. The van der Waals surface area contributed by atoms with Crippen LogP contribution in [-0.4, -0.2) is 311 Å². The second-order valence-corrected chi connectivity index (χ2v) is 40.3. The van der Waals surface area contributed by atoms with Crippen LogP contribution in [0, 0.1) is 29.6 Å². The molecule has 0 bridgehead atoms. The van der Waals surface area contributed by atoms with Gasteiger partial charge in [0, 0.05) is 105 Å². The summed E-state index contributed by atoms with van der Waals surface area (Å²) in [5.74, 6) is 5.03. The summed E-state index contributed by atoms with van der Waals surface area (Å²) in [4.78, 5) is 116. The standard InChI is InChI=1S/C24H36N4O5.2C20H30N4O5S.C14H20BrN3O3.C11H21NO2/c1-17(2)32-22(29)27-10-6-18(7-11-27)16-31-21-15-25-20(14-26-21)19-8-12-28(13-9-19)23(30)33-24(3,4)5;1-15(2)29-20(25)23-8-4-16(5-9-23)14-28-19-13-21-18(12-22-19)17-6-10-24(11-7-17)30(3,26)27;1-15(2)29-20(25)23-8-4-16(5-9-23)14-28-18-12-21-19(22-13-18)17-6-10-24(11-7-17)30(3,26)27;1-10(2)21-14(19)18-5-3-11(4-6-18)9-20-13-8-16-12(15)7-17-13;1-4-10-5-7-12(8-6-10)11(13)14-9(2)3/h8,14-15,17-18H,6-7,9-13,16H2,1-5H3;2*6,12-13,15-16H,4-5,7-11,14H2,1-3H3;7-8,10-11H,3-6,9H2,1-2H3;9-10H,4-8H2,1-3H3. The summed E-state index contributed by atoms with van der Waals surface area (Å²) in [5, 5.41) is 0. The molecular formula is C89H137BrN16O20S2. The van der Waals surface area contributed by atoms with Gasteiger partial charge in [-0.15, -0.1) is 0 Å². The van der Waals surface area contributed by atoms with Crippen LogP contribution in [0.1, 0.15) is 204 Å². The van der Waals surface area contributed by atoms with Gasteiger partial charge in [0.25, 0.3) is 0 Å². The maximum atomic E-state index is 12.2. The molecule has 4 aromatic heterocycles. The molecule has 8 aliphatic heterocycles. The van der Waals surface area contributed by atoms with E-state index in [0.717, 1.165) is 111 Å². The molecule has 8 aliphatic rings. The Kier molecular flexibility index (Phi) is 41.7. The summed E-state index contributed by atoms with van der Waals surface area (Å²) in [6, 6.07) is 0. The zero-order chi connectivity index (χ0) is 93.3. The summed E-state index contributed by atoms with van der Waals surface area (Å²) < 4.78 is 105. The van der Waals surface area contributed by atoms with Crippen molar-refractivity contribution in [3.63, 3.8) is 0 Å². The lowest BCUT2D eigenvalue weighted by Gasteiger charge is -2.31. The third kappa shape index (κ3) is 36.9. The first-order valence-electron chi connectivity index (χ1n) is 44.9. The van der Waals surface area contributed by atoms with E-state index < -0.39 is 25.6 Å². The van der Waals surface area contributed by atoms with E-state index in [1.165, 1.54) is 27.5 Å². The Morgan fingerprint density at radius 3 is 0.938 bits per heavy atom. The summed E-state index contributed by atoms with van der Waals surface area (Å²) >= 11 is 3.23. The normalized spacial score (nSPS) is 18.1. The number of aromatic nitrogens is 8. The fourth-order valence-electron chi connectivity index (χ4n) is 14.6. The number of hydrogen-bond acceptors (Lipinski definition) is 28. The molecule has 0 saturated carbocycles. The van der Waals surface area contributed by atoms with E-state index >= 15 is 0 Å². The second-order valence-electron chi connectivity index (χ2n) is 35.5. The van der Waals surface area contributed by atoms with Gasteiger partial charge >= 0.3 is 36.6 Å². The van der Waals surface area contributed by atoms with Gasteiger partial charge in [-0.3, -0.25) is 0 Å². The smallest absolute Gasteiger partial charge is 0.410 e. The molecule has 0 aromatic carbocycles. The van der Waals surface area contributed by atoms with Crippen molar-refractivity contribution in [2.75, 3.05) is 144 Å². The highest BCUT2D eigenvalue weighted by atomic mass is 79.9. The van der Waals surface area contributed by atoms with Crippen molar-refractivity contribution < 1.29 is 93.0 Å². The van der Waals surface area contributed by atoms with Gasteiger partial charge in [-0.05, 0) is 236 Å². The number of ether oxygens (including phenoxy) is 10. The molecule has 12 heterocycles. The van der Waals surface area contributed by atoms with Gasteiger partial charge < -0.3 is 76.8 Å². The largest absolute Gasteiger partial charge is 0.490 e. The van der Waals surface area contributed by atoms with Crippen LogP contribution in [0.4, 0.5) is 28.8 Å². The molecule has 5 fully saturated rings. The van der Waals surface area contributed by atoms with Crippen molar-refractivity contribution in [3.05, 3.63) is 89.6 Å².